The summed E-state index contributed by atoms with van der Waals surface area (Å²) >= 11 is 1.51. The van der Waals surface area contributed by atoms with Crippen LogP contribution in [0.3, 0.4) is 0 Å². The van der Waals surface area contributed by atoms with Crippen LogP contribution in [0, 0.1) is 5.92 Å². The van der Waals surface area contributed by atoms with Gasteiger partial charge in [0, 0.05) is 18.1 Å². The number of H-pyrrole nitrogens is 1. The molecule has 0 spiro atoms. The van der Waals surface area contributed by atoms with E-state index in [4.69, 9.17) is 0 Å². The number of imidazole rings is 1. The van der Waals surface area contributed by atoms with E-state index in [1.165, 1.54) is 16.7 Å². The summed E-state index contributed by atoms with van der Waals surface area (Å²) in [6, 6.07) is -1.14. The number of carboxylic acids is 1. The van der Waals surface area contributed by atoms with Gasteiger partial charge >= 0.3 is 12.0 Å². The molecule has 1 saturated heterocycles. The highest BCUT2D eigenvalue weighted by Crippen LogP contribution is 2.34. The standard InChI is InChI=1S/C12H18N4O3S/c1-7(2)10-16(8(6-20-10)11(17)18)12(19)15-5-9-13-3-4-14-9/h3-4,7-8,10H,5-6H2,1-2H3,(H,13,14)(H,15,19)(H,17,18). The SMILES string of the molecule is CC(C)C1SCC(C(=O)O)N1C(=O)NCc1ncc[nH]1. The van der Waals surface area contributed by atoms with Gasteiger partial charge in [0.1, 0.15) is 11.9 Å². The molecule has 1 aliphatic heterocycles. The Morgan fingerprint density at radius 3 is 2.95 bits per heavy atom. The maximum Gasteiger partial charge on any atom is 0.327 e. The second-order valence-electron chi connectivity index (χ2n) is 4.92. The minimum atomic E-state index is -0.964. The minimum absolute atomic E-state index is 0.118. The van der Waals surface area contributed by atoms with Crippen molar-refractivity contribution < 1.29 is 14.7 Å². The summed E-state index contributed by atoms with van der Waals surface area (Å²) in [7, 11) is 0. The van der Waals surface area contributed by atoms with Crippen LogP contribution in [-0.4, -0.2) is 49.1 Å². The molecular formula is C12H18N4O3S. The Labute approximate surface area is 121 Å². The monoisotopic (exact) mass is 298 g/mol. The van der Waals surface area contributed by atoms with Crippen molar-refractivity contribution in [1.29, 1.82) is 0 Å². The van der Waals surface area contributed by atoms with E-state index in [9.17, 15) is 14.7 Å². The van der Waals surface area contributed by atoms with Gasteiger partial charge in [0.25, 0.3) is 0 Å². The van der Waals surface area contributed by atoms with Gasteiger partial charge in [-0.25, -0.2) is 14.6 Å². The average molecular weight is 298 g/mol. The molecule has 0 saturated carbocycles. The maximum atomic E-state index is 12.3. The third-order valence-electron chi connectivity index (χ3n) is 3.09. The van der Waals surface area contributed by atoms with E-state index in [0.29, 0.717) is 11.6 Å². The van der Waals surface area contributed by atoms with Gasteiger partial charge in [-0.3, -0.25) is 4.90 Å². The molecule has 1 aliphatic rings. The van der Waals surface area contributed by atoms with Gasteiger partial charge in [-0.05, 0) is 5.92 Å². The van der Waals surface area contributed by atoms with Crippen LogP contribution in [0.2, 0.25) is 0 Å². The molecule has 0 bridgehead atoms. The average Bonchev–Trinajstić information content (AvgIpc) is 3.04. The third kappa shape index (κ3) is 3.06. The molecule has 1 aromatic rings. The number of carbonyl (C=O) groups is 2. The second kappa shape index (κ2) is 6.17. The number of hydrogen-bond donors (Lipinski definition) is 3. The molecule has 2 heterocycles. The molecule has 7 nitrogen and oxygen atoms in total. The molecule has 8 heteroatoms. The van der Waals surface area contributed by atoms with Crippen LogP contribution in [0.25, 0.3) is 0 Å². The molecule has 1 fully saturated rings. The Morgan fingerprint density at radius 2 is 2.40 bits per heavy atom. The first-order valence-electron chi connectivity index (χ1n) is 6.39. The fourth-order valence-corrected chi connectivity index (χ4v) is 3.60. The van der Waals surface area contributed by atoms with Gasteiger partial charge in [-0.1, -0.05) is 13.8 Å². The van der Waals surface area contributed by atoms with Crippen LogP contribution < -0.4 is 5.32 Å². The lowest BCUT2D eigenvalue weighted by atomic mass is 10.2. The highest BCUT2D eigenvalue weighted by Gasteiger charge is 2.42. The Balaban J connectivity index is 2.04. The Hall–Kier alpha value is -1.70. The van der Waals surface area contributed by atoms with Crippen molar-refractivity contribution in [3.8, 4) is 0 Å². The lowest BCUT2D eigenvalue weighted by Crippen LogP contribution is -2.51. The number of carbonyl (C=O) groups excluding carboxylic acids is 1. The number of aromatic amines is 1. The van der Waals surface area contributed by atoms with Gasteiger partial charge in [-0.15, -0.1) is 11.8 Å². The van der Waals surface area contributed by atoms with Crippen LogP contribution in [0.5, 0.6) is 0 Å². The van der Waals surface area contributed by atoms with Crippen molar-refractivity contribution in [2.24, 2.45) is 5.92 Å². The molecule has 2 unspecified atom stereocenters. The highest BCUT2D eigenvalue weighted by molar-refractivity contribution is 8.00. The maximum absolute atomic E-state index is 12.3. The van der Waals surface area contributed by atoms with Gasteiger partial charge in [0.2, 0.25) is 0 Å². The first-order valence-corrected chi connectivity index (χ1v) is 7.44. The number of hydrogen-bond acceptors (Lipinski definition) is 4. The van der Waals surface area contributed by atoms with Gasteiger partial charge in [0.05, 0.1) is 11.9 Å². The molecule has 2 amide bonds. The number of aliphatic carboxylic acids is 1. The van der Waals surface area contributed by atoms with Crippen molar-refractivity contribution in [2.75, 3.05) is 5.75 Å². The summed E-state index contributed by atoms with van der Waals surface area (Å²) in [6.45, 7) is 4.22. The Kier molecular flexibility index (Phi) is 4.53. The van der Waals surface area contributed by atoms with E-state index < -0.39 is 12.0 Å². The quantitative estimate of drug-likeness (QED) is 0.773. The van der Waals surface area contributed by atoms with Gasteiger partial charge in [0.15, 0.2) is 0 Å². The molecule has 110 valence electrons. The summed E-state index contributed by atoms with van der Waals surface area (Å²) in [5.41, 5.74) is 0. The zero-order valence-corrected chi connectivity index (χ0v) is 12.2. The molecule has 20 heavy (non-hydrogen) atoms. The summed E-state index contributed by atoms with van der Waals surface area (Å²) in [6.07, 6.45) is 3.27. The van der Waals surface area contributed by atoms with E-state index in [1.54, 1.807) is 12.4 Å². The van der Waals surface area contributed by atoms with Crippen LogP contribution in [-0.2, 0) is 11.3 Å². The largest absolute Gasteiger partial charge is 0.480 e. The van der Waals surface area contributed by atoms with E-state index in [-0.39, 0.29) is 23.9 Å². The zero-order valence-electron chi connectivity index (χ0n) is 11.4. The van der Waals surface area contributed by atoms with Crippen LogP contribution >= 0.6 is 11.8 Å². The molecule has 0 radical (unpaired) electrons. The fourth-order valence-electron chi connectivity index (χ4n) is 2.13. The van der Waals surface area contributed by atoms with Gasteiger partial charge < -0.3 is 15.4 Å². The minimum Gasteiger partial charge on any atom is -0.480 e. The molecule has 3 N–H and O–H groups in total. The van der Waals surface area contributed by atoms with Crippen molar-refractivity contribution in [2.45, 2.75) is 31.8 Å². The lowest BCUT2D eigenvalue weighted by Gasteiger charge is -2.29. The zero-order chi connectivity index (χ0) is 14.7. The predicted molar refractivity (Wildman–Crippen MR) is 75.2 cm³/mol. The van der Waals surface area contributed by atoms with Crippen molar-refractivity contribution in [3.05, 3.63) is 18.2 Å². The smallest absolute Gasteiger partial charge is 0.327 e. The number of nitrogens with one attached hydrogen (secondary N) is 2. The molecule has 2 atom stereocenters. The molecule has 2 rings (SSSR count). The van der Waals surface area contributed by atoms with Crippen molar-refractivity contribution in [1.82, 2.24) is 20.2 Å². The van der Waals surface area contributed by atoms with E-state index in [2.05, 4.69) is 15.3 Å². The van der Waals surface area contributed by atoms with E-state index in [0.717, 1.165) is 0 Å². The van der Waals surface area contributed by atoms with Crippen LogP contribution in [0.1, 0.15) is 19.7 Å². The summed E-state index contributed by atoms with van der Waals surface area (Å²) in [4.78, 5) is 31.9. The van der Waals surface area contributed by atoms with E-state index >= 15 is 0 Å². The topological polar surface area (TPSA) is 98.3 Å². The van der Waals surface area contributed by atoms with Crippen LogP contribution in [0.15, 0.2) is 12.4 Å². The number of rotatable bonds is 4. The molecule has 1 aromatic heterocycles. The summed E-state index contributed by atoms with van der Waals surface area (Å²) < 4.78 is 0. The summed E-state index contributed by atoms with van der Waals surface area (Å²) in [5, 5.41) is 11.8. The number of carboxylic acid groups (broad SMARTS) is 1. The Morgan fingerprint density at radius 1 is 1.65 bits per heavy atom. The second-order valence-corrected chi connectivity index (χ2v) is 6.07. The van der Waals surface area contributed by atoms with E-state index in [1.807, 2.05) is 13.8 Å². The normalized spacial score (nSPS) is 22.2. The number of amides is 2. The number of thioether (sulfide) groups is 1. The van der Waals surface area contributed by atoms with Crippen LogP contribution in [0.4, 0.5) is 4.79 Å². The van der Waals surface area contributed by atoms with Crippen molar-refractivity contribution in [3.63, 3.8) is 0 Å². The first kappa shape index (κ1) is 14.7. The fraction of sp³-hybridized carbons (Fsp3) is 0.583. The first-order chi connectivity index (χ1) is 9.50. The third-order valence-corrected chi connectivity index (χ3v) is 4.71. The van der Waals surface area contributed by atoms with Crippen molar-refractivity contribution >= 4 is 23.8 Å². The summed E-state index contributed by atoms with van der Waals surface area (Å²) in [5.74, 6) is 0.289. The lowest BCUT2D eigenvalue weighted by molar-refractivity contribution is -0.141. The predicted octanol–water partition coefficient (Wildman–Crippen LogP) is 1.10. The molecular weight excluding hydrogens is 280 g/mol. The van der Waals surface area contributed by atoms with Gasteiger partial charge in [-0.2, -0.15) is 0 Å². The number of urea groups is 1. The highest BCUT2D eigenvalue weighted by atomic mass is 32.2. The number of nitrogens with zero attached hydrogens (tertiary/aromatic N) is 2. The molecule has 0 aliphatic carbocycles. The molecule has 0 aromatic carbocycles. The number of aromatic nitrogens is 2. The Bertz CT molecular complexity index is 477.